The van der Waals surface area contributed by atoms with E-state index >= 15 is 0 Å². The Morgan fingerprint density at radius 1 is 1.50 bits per heavy atom. The van der Waals surface area contributed by atoms with E-state index in [-0.39, 0.29) is 12.1 Å². The summed E-state index contributed by atoms with van der Waals surface area (Å²) in [7, 11) is 0. The van der Waals surface area contributed by atoms with Gasteiger partial charge in [-0.15, -0.1) is 0 Å². The van der Waals surface area contributed by atoms with Crippen LogP contribution in [0.2, 0.25) is 0 Å². The summed E-state index contributed by atoms with van der Waals surface area (Å²) >= 11 is 0. The lowest BCUT2D eigenvalue weighted by Gasteiger charge is -2.32. The zero-order valence-electron chi connectivity index (χ0n) is 12.8. The van der Waals surface area contributed by atoms with Crippen LogP contribution in [0.5, 0.6) is 5.75 Å². The van der Waals surface area contributed by atoms with Crippen molar-refractivity contribution < 1.29 is 9.47 Å². The normalized spacial score (nSPS) is 21.7. The third kappa shape index (κ3) is 3.95. The first-order chi connectivity index (χ1) is 9.60. The summed E-state index contributed by atoms with van der Waals surface area (Å²) in [6.45, 7) is 10.6. The zero-order valence-corrected chi connectivity index (χ0v) is 12.8. The molecule has 1 fully saturated rings. The molecule has 1 aliphatic rings. The zero-order chi connectivity index (χ0) is 14.5. The molecular formula is C16H26N2O2. The fourth-order valence-corrected chi connectivity index (χ4v) is 2.51. The van der Waals surface area contributed by atoms with Crippen LogP contribution in [0.3, 0.4) is 0 Å². The van der Waals surface area contributed by atoms with Gasteiger partial charge < -0.3 is 15.2 Å². The van der Waals surface area contributed by atoms with Crippen molar-refractivity contribution in [3.8, 4) is 5.75 Å². The molecule has 2 N–H and O–H groups in total. The average molecular weight is 278 g/mol. The van der Waals surface area contributed by atoms with E-state index in [0.717, 1.165) is 37.6 Å². The van der Waals surface area contributed by atoms with Crippen molar-refractivity contribution in [1.82, 2.24) is 4.90 Å². The Kier molecular flexibility index (Phi) is 5.40. The van der Waals surface area contributed by atoms with E-state index < -0.39 is 0 Å². The van der Waals surface area contributed by atoms with Crippen LogP contribution in [-0.2, 0) is 4.74 Å². The van der Waals surface area contributed by atoms with Gasteiger partial charge in [-0.3, -0.25) is 4.90 Å². The van der Waals surface area contributed by atoms with Crippen LogP contribution in [0.4, 0.5) is 0 Å². The number of aryl methyl sites for hydroxylation is 1. The fraction of sp³-hybridized carbons (Fsp3) is 0.625. The van der Waals surface area contributed by atoms with Gasteiger partial charge in [0.25, 0.3) is 0 Å². The van der Waals surface area contributed by atoms with Crippen LogP contribution in [0.25, 0.3) is 0 Å². The molecule has 1 unspecified atom stereocenters. The van der Waals surface area contributed by atoms with Gasteiger partial charge in [0, 0.05) is 24.7 Å². The number of ether oxygens (including phenoxy) is 2. The van der Waals surface area contributed by atoms with Gasteiger partial charge in [0.05, 0.1) is 6.61 Å². The maximum absolute atomic E-state index is 6.02. The molecule has 1 aromatic carbocycles. The van der Waals surface area contributed by atoms with Crippen molar-refractivity contribution in [2.75, 3.05) is 32.8 Å². The Balaban J connectivity index is 1.96. The van der Waals surface area contributed by atoms with Crippen molar-refractivity contribution in [2.24, 2.45) is 5.73 Å². The maximum atomic E-state index is 6.02. The van der Waals surface area contributed by atoms with E-state index in [1.165, 1.54) is 5.56 Å². The van der Waals surface area contributed by atoms with Crippen molar-refractivity contribution in [3.05, 3.63) is 29.3 Å². The molecule has 112 valence electrons. The van der Waals surface area contributed by atoms with Crippen molar-refractivity contribution in [3.63, 3.8) is 0 Å². The highest BCUT2D eigenvalue weighted by Gasteiger charge is 2.20. The first kappa shape index (κ1) is 15.3. The molecule has 1 heterocycles. The predicted molar refractivity (Wildman–Crippen MR) is 81.1 cm³/mol. The molecule has 1 aliphatic heterocycles. The van der Waals surface area contributed by atoms with Crippen LogP contribution in [0.15, 0.2) is 18.2 Å². The third-order valence-electron chi connectivity index (χ3n) is 3.75. The summed E-state index contributed by atoms with van der Waals surface area (Å²) in [6, 6.07) is 6.14. The number of nitrogens with two attached hydrogens (primary N) is 1. The predicted octanol–water partition coefficient (Wildman–Crippen LogP) is 2.11. The smallest absolute Gasteiger partial charge is 0.124 e. The Labute approximate surface area is 121 Å². The summed E-state index contributed by atoms with van der Waals surface area (Å²) in [5, 5.41) is 0. The second-order valence-corrected chi connectivity index (χ2v) is 5.53. The van der Waals surface area contributed by atoms with E-state index in [1.54, 1.807) is 0 Å². The number of rotatable bonds is 5. The van der Waals surface area contributed by atoms with Crippen molar-refractivity contribution >= 4 is 0 Å². The Morgan fingerprint density at radius 2 is 2.30 bits per heavy atom. The molecule has 20 heavy (non-hydrogen) atoms. The lowest BCUT2D eigenvalue weighted by molar-refractivity contribution is -0.0465. The second-order valence-electron chi connectivity index (χ2n) is 5.53. The number of hydrogen-bond donors (Lipinski definition) is 1. The van der Waals surface area contributed by atoms with Gasteiger partial charge in [0.1, 0.15) is 18.5 Å². The summed E-state index contributed by atoms with van der Waals surface area (Å²) in [5.41, 5.74) is 8.28. The maximum Gasteiger partial charge on any atom is 0.124 e. The molecule has 4 nitrogen and oxygen atoms in total. The minimum atomic E-state index is -0.0238. The summed E-state index contributed by atoms with van der Waals surface area (Å²) in [5.74, 6) is 0.878. The Morgan fingerprint density at radius 3 is 3.00 bits per heavy atom. The molecule has 2 rings (SSSR count). The molecule has 0 bridgehead atoms. The van der Waals surface area contributed by atoms with Gasteiger partial charge in [-0.1, -0.05) is 24.6 Å². The first-order valence-corrected chi connectivity index (χ1v) is 7.43. The molecular weight excluding hydrogens is 252 g/mol. The summed E-state index contributed by atoms with van der Waals surface area (Å²) in [4.78, 5) is 2.39. The minimum absolute atomic E-state index is 0.0238. The van der Waals surface area contributed by atoms with Gasteiger partial charge in [-0.05, 0) is 26.5 Å². The first-order valence-electron chi connectivity index (χ1n) is 7.43. The summed E-state index contributed by atoms with van der Waals surface area (Å²) in [6.07, 6.45) is 0.144. The Hall–Kier alpha value is -1.10. The molecule has 0 amide bonds. The number of morpholine rings is 1. The Bertz CT molecular complexity index is 434. The van der Waals surface area contributed by atoms with Crippen LogP contribution in [-0.4, -0.2) is 43.9 Å². The monoisotopic (exact) mass is 278 g/mol. The largest absolute Gasteiger partial charge is 0.490 e. The van der Waals surface area contributed by atoms with E-state index in [0.29, 0.717) is 6.61 Å². The summed E-state index contributed by atoms with van der Waals surface area (Å²) < 4.78 is 11.7. The standard InChI is InChI=1S/C16H26N2O2/c1-4-18-7-8-19-14(10-18)11-20-16-6-5-12(2)9-15(16)13(3)17/h5-6,9,13-14H,4,7-8,10-11,17H2,1-3H3/t13-,14?/m0/s1. The lowest BCUT2D eigenvalue weighted by Crippen LogP contribution is -2.44. The fourth-order valence-electron chi connectivity index (χ4n) is 2.51. The molecule has 4 heteroatoms. The van der Waals surface area contributed by atoms with E-state index in [4.69, 9.17) is 15.2 Å². The van der Waals surface area contributed by atoms with Crippen LogP contribution in [0.1, 0.15) is 31.0 Å². The molecule has 1 saturated heterocycles. The molecule has 0 aromatic heterocycles. The van der Waals surface area contributed by atoms with E-state index in [2.05, 4.69) is 30.9 Å². The number of benzene rings is 1. The second kappa shape index (κ2) is 7.07. The molecule has 0 saturated carbocycles. The van der Waals surface area contributed by atoms with E-state index in [1.807, 2.05) is 13.0 Å². The van der Waals surface area contributed by atoms with Crippen molar-refractivity contribution in [1.29, 1.82) is 0 Å². The van der Waals surface area contributed by atoms with Gasteiger partial charge in [-0.2, -0.15) is 0 Å². The third-order valence-corrected chi connectivity index (χ3v) is 3.75. The van der Waals surface area contributed by atoms with Crippen molar-refractivity contribution in [2.45, 2.75) is 32.9 Å². The quantitative estimate of drug-likeness (QED) is 0.896. The molecule has 0 spiro atoms. The highest BCUT2D eigenvalue weighted by molar-refractivity contribution is 5.38. The number of likely N-dealkylation sites (N-methyl/N-ethyl adjacent to an activating group) is 1. The molecule has 0 aliphatic carbocycles. The molecule has 0 radical (unpaired) electrons. The lowest BCUT2D eigenvalue weighted by atomic mass is 10.1. The SMILES string of the molecule is CCN1CCOC(COc2ccc(C)cc2[C@H](C)N)C1. The number of nitrogens with zero attached hydrogens (tertiary/aromatic N) is 1. The van der Waals surface area contributed by atoms with Crippen LogP contribution < -0.4 is 10.5 Å². The molecule has 1 aromatic rings. The van der Waals surface area contributed by atoms with Gasteiger partial charge in [0.2, 0.25) is 0 Å². The average Bonchev–Trinajstić information content (AvgIpc) is 2.46. The van der Waals surface area contributed by atoms with Gasteiger partial charge in [0.15, 0.2) is 0 Å². The number of hydrogen-bond acceptors (Lipinski definition) is 4. The van der Waals surface area contributed by atoms with Crippen LogP contribution in [0, 0.1) is 6.92 Å². The highest BCUT2D eigenvalue weighted by Crippen LogP contribution is 2.25. The molecule has 2 atom stereocenters. The minimum Gasteiger partial charge on any atom is -0.490 e. The topological polar surface area (TPSA) is 47.7 Å². The van der Waals surface area contributed by atoms with Gasteiger partial charge in [-0.25, -0.2) is 0 Å². The highest BCUT2D eigenvalue weighted by atomic mass is 16.5. The van der Waals surface area contributed by atoms with Crippen LogP contribution >= 0.6 is 0 Å². The van der Waals surface area contributed by atoms with Gasteiger partial charge >= 0.3 is 0 Å². The van der Waals surface area contributed by atoms with E-state index in [9.17, 15) is 0 Å².